The zero-order valence-electron chi connectivity index (χ0n) is 14.9. The van der Waals surface area contributed by atoms with E-state index in [1.807, 2.05) is 0 Å². The number of rotatable bonds is 5. The standard InChI is InChI=1S/C22H30N2/c1-2-7-24-15-19(20-5-3-4-6-21(20)24)14-23-22-11-16-8-17(12-22)10-18(9-16)13-22/h3-6,15-18,23H,2,7-14H2,1H3. The molecule has 6 rings (SSSR count). The minimum Gasteiger partial charge on any atom is -0.347 e. The topological polar surface area (TPSA) is 17.0 Å². The molecule has 0 amide bonds. The van der Waals surface area contributed by atoms with Crippen LogP contribution in [0.4, 0.5) is 0 Å². The molecule has 1 aromatic heterocycles. The summed E-state index contributed by atoms with van der Waals surface area (Å²) in [4.78, 5) is 0. The van der Waals surface area contributed by atoms with Gasteiger partial charge in [-0.25, -0.2) is 0 Å². The summed E-state index contributed by atoms with van der Waals surface area (Å²) in [6, 6.07) is 8.94. The van der Waals surface area contributed by atoms with Gasteiger partial charge in [-0.15, -0.1) is 0 Å². The van der Waals surface area contributed by atoms with E-state index < -0.39 is 0 Å². The molecule has 0 radical (unpaired) electrons. The first kappa shape index (κ1) is 15.0. The van der Waals surface area contributed by atoms with Crippen LogP contribution in [0.5, 0.6) is 0 Å². The molecule has 1 N–H and O–H groups in total. The van der Waals surface area contributed by atoms with Crippen molar-refractivity contribution < 1.29 is 0 Å². The van der Waals surface area contributed by atoms with Crippen LogP contribution in [0.25, 0.3) is 10.9 Å². The largest absolute Gasteiger partial charge is 0.347 e. The summed E-state index contributed by atoms with van der Waals surface area (Å²) in [6.07, 6.45) is 12.5. The van der Waals surface area contributed by atoms with Gasteiger partial charge in [0.2, 0.25) is 0 Å². The highest BCUT2D eigenvalue weighted by Crippen LogP contribution is 2.55. The molecule has 4 fully saturated rings. The fourth-order valence-electron chi connectivity index (χ4n) is 6.50. The second-order valence-electron chi connectivity index (χ2n) is 8.92. The molecule has 0 unspecified atom stereocenters. The number of fused-ring (bicyclic) bond motifs is 1. The molecule has 0 atom stereocenters. The lowest BCUT2D eigenvalue weighted by molar-refractivity contribution is -0.0205. The first-order chi connectivity index (χ1) is 11.7. The smallest absolute Gasteiger partial charge is 0.0483 e. The Labute approximate surface area is 145 Å². The third-order valence-electron chi connectivity index (χ3n) is 7.03. The maximum atomic E-state index is 4.08. The molecule has 128 valence electrons. The number of aryl methyl sites for hydroxylation is 1. The van der Waals surface area contributed by atoms with E-state index in [2.05, 4.69) is 47.3 Å². The monoisotopic (exact) mass is 322 g/mol. The average molecular weight is 322 g/mol. The Balaban J connectivity index is 1.40. The molecule has 4 saturated carbocycles. The molecule has 2 heteroatoms. The van der Waals surface area contributed by atoms with Crippen molar-refractivity contribution in [1.82, 2.24) is 9.88 Å². The molecule has 1 aromatic carbocycles. The number of benzene rings is 1. The van der Waals surface area contributed by atoms with Crippen molar-refractivity contribution in [2.75, 3.05) is 0 Å². The number of para-hydroxylation sites is 1. The maximum absolute atomic E-state index is 4.08. The lowest BCUT2D eigenvalue weighted by atomic mass is 9.53. The second kappa shape index (κ2) is 5.62. The molecule has 4 aliphatic carbocycles. The summed E-state index contributed by atoms with van der Waals surface area (Å²) in [5.74, 6) is 3.06. The van der Waals surface area contributed by atoms with Gasteiger partial charge in [-0.05, 0) is 74.3 Å². The SMILES string of the molecule is CCCn1cc(CNC23CC4CC(CC(C4)C2)C3)c2ccccc21. The van der Waals surface area contributed by atoms with Crippen LogP contribution >= 0.6 is 0 Å². The minimum absolute atomic E-state index is 0.461. The van der Waals surface area contributed by atoms with Gasteiger partial charge in [0.1, 0.15) is 0 Å². The zero-order valence-corrected chi connectivity index (χ0v) is 14.9. The minimum atomic E-state index is 0.461. The molecule has 4 aliphatic rings. The Morgan fingerprint density at radius 2 is 1.71 bits per heavy atom. The van der Waals surface area contributed by atoms with Crippen LogP contribution in [0, 0.1) is 17.8 Å². The van der Waals surface area contributed by atoms with Gasteiger partial charge < -0.3 is 9.88 Å². The number of aromatic nitrogens is 1. The van der Waals surface area contributed by atoms with Crippen molar-refractivity contribution in [3.05, 3.63) is 36.0 Å². The van der Waals surface area contributed by atoms with Crippen molar-refractivity contribution in [1.29, 1.82) is 0 Å². The van der Waals surface area contributed by atoms with Gasteiger partial charge >= 0.3 is 0 Å². The van der Waals surface area contributed by atoms with Gasteiger partial charge in [-0.2, -0.15) is 0 Å². The quantitative estimate of drug-likeness (QED) is 0.809. The summed E-state index contributed by atoms with van der Waals surface area (Å²) < 4.78 is 2.45. The van der Waals surface area contributed by atoms with Gasteiger partial charge in [-0.3, -0.25) is 0 Å². The van der Waals surface area contributed by atoms with E-state index in [0.29, 0.717) is 5.54 Å². The number of nitrogens with one attached hydrogen (secondary N) is 1. The summed E-state index contributed by atoms with van der Waals surface area (Å²) in [5, 5.41) is 5.53. The Morgan fingerprint density at radius 1 is 1.04 bits per heavy atom. The number of hydrogen-bond donors (Lipinski definition) is 1. The Bertz CT molecular complexity index is 706. The van der Waals surface area contributed by atoms with Crippen molar-refractivity contribution in [2.24, 2.45) is 17.8 Å². The van der Waals surface area contributed by atoms with Crippen LogP contribution in [0.3, 0.4) is 0 Å². The third kappa shape index (κ3) is 2.42. The van der Waals surface area contributed by atoms with Gasteiger partial charge in [0.05, 0.1) is 0 Å². The van der Waals surface area contributed by atoms with E-state index in [1.165, 1.54) is 61.4 Å². The average Bonchev–Trinajstić information content (AvgIpc) is 2.91. The molecule has 1 heterocycles. The van der Waals surface area contributed by atoms with E-state index in [-0.39, 0.29) is 0 Å². The van der Waals surface area contributed by atoms with E-state index in [4.69, 9.17) is 0 Å². The second-order valence-corrected chi connectivity index (χ2v) is 8.92. The first-order valence-electron chi connectivity index (χ1n) is 10.1. The van der Waals surface area contributed by atoms with Gasteiger partial charge in [0.25, 0.3) is 0 Å². The number of nitrogens with zero attached hydrogens (tertiary/aromatic N) is 1. The summed E-state index contributed by atoms with van der Waals surface area (Å²) in [7, 11) is 0. The normalized spacial score (nSPS) is 34.3. The van der Waals surface area contributed by atoms with Crippen LogP contribution in [-0.4, -0.2) is 10.1 Å². The molecule has 0 spiro atoms. The van der Waals surface area contributed by atoms with Gasteiger partial charge in [-0.1, -0.05) is 25.1 Å². The van der Waals surface area contributed by atoms with Crippen LogP contribution in [0.2, 0.25) is 0 Å². The van der Waals surface area contributed by atoms with Crippen molar-refractivity contribution in [2.45, 2.75) is 70.5 Å². The molecule has 0 saturated heterocycles. The Morgan fingerprint density at radius 3 is 2.38 bits per heavy atom. The zero-order chi connectivity index (χ0) is 16.1. The van der Waals surface area contributed by atoms with Crippen LogP contribution in [0.1, 0.15) is 57.4 Å². The molecule has 2 nitrogen and oxygen atoms in total. The molecular weight excluding hydrogens is 292 g/mol. The molecular formula is C22H30N2. The maximum Gasteiger partial charge on any atom is 0.0483 e. The molecule has 0 aliphatic heterocycles. The van der Waals surface area contributed by atoms with Crippen molar-refractivity contribution in [3.63, 3.8) is 0 Å². The van der Waals surface area contributed by atoms with E-state index in [1.54, 1.807) is 0 Å². The number of hydrogen-bond acceptors (Lipinski definition) is 1. The summed E-state index contributed by atoms with van der Waals surface area (Å²) in [6.45, 7) is 4.43. The molecule has 4 bridgehead atoms. The Hall–Kier alpha value is -1.28. The van der Waals surface area contributed by atoms with Gasteiger partial charge in [0.15, 0.2) is 0 Å². The summed E-state index contributed by atoms with van der Waals surface area (Å²) in [5.41, 5.74) is 3.36. The predicted molar refractivity (Wildman–Crippen MR) is 100.0 cm³/mol. The van der Waals surface area contributed by atoms with E-state index in [9.17, 15) is 0 Å². The highest BCUT2D eigenvalue weighted by molar-refractivity contribution is 5.83. The van der Waals surface area contributed by atoms with Crippen molar-refractivity contribution in [3.8, 4) is 0 Å². The van der Waals surface area contributed by atoms with Gasteiger partial charge in [0, 0.05) is 35.7 Å². The molecule has 24 heavy (non-hydrogen) atoms. The van der Waals surface area contributed by atoms with Crippen LogP contribution in [-0.2, 0) is 13.1 Å². The highest BCUT2D eigenvalue weighted by atomic mass is 15.0. The van der Waals surface area contributed by atoms with E-state index >= 15 is 0 Å². The van der Waals surface area contributed by atoms with Crippen molar-refractivity contribution >= 4 is 10.9 Å². The lowest BCUT2D eigenvalue weighted by Crippen LogP contribution is -2.58. The third-order valence-corrected chi connectivity index (χ3v) is 7.03. The fourth-order valence-corrected chi connectivity index (χ4v) is 6.50. The highest BCUT2D eigenvalue weighted by Gasteiger charge is 2.50. The molecule has 2 aromatic rings. The summed E-state index contributed by atoms with van der Waals surface area (Å²) >= 11 is 0. The predicted octanol–water partition coefficient (Wildman–Crippen LogP) is 5.11. The Kier molecular flexibility index (Phi) is 3.52. The van der Waals surface area contributed by atoms with E-state index in [0.717, 1.165) is 30.8 Å². The fraction of sp³-hybridized carbons (Fsp3) is 0.636. The van der Waals surface area contributed by atoms with Crippen LogP contribution in [0.15, 0.2) is 30.5 Å². The lowest BCUT2D eigenvalue weighted by Gasteiger charge is -2.57. The first-order valence-corrected chi connectivity index (χ1v) is 10.1. The van der Waals surface area contributed by atoms with Crippen LogP contribution < -0.4 is 5.32 Å².